The molecular formula is C14H17Cl2N3O. The van der Waals surface area contributed by atoms with Crippen LogP contribution in [0.15, 0.2) is 18.2 Å². The van der Waals surface area contributed by atoms with Crippen LogP contribution in [0.25, 0.3) is 0 Å². The molecule has 0 unspecified atom stereocenters. The molecule has 2 rings (SSSR count). The minimum atomic E-state index is 0.330. The lowest BCUT2D eigenvalue weighted by Gasteiger charge is -2.13. The average molecular weight is 314 g/mol. The van der Waals surface area contributed by atoms with Crippen LogP contribution in [0.4, 0.5) is 0 Å². The highest BCUT2D eigenvalue weighted by Gasteiger charge is 2.14. The van der Waals surface area contributed by atoms with E-state index in [1.807, 2.05) is 39.2 Å². The minimum absolute atomic E-state index is 0.330. The maximum Gasteiger partial charge on any atom is 0.142 e. The number of nitrogens with one attached hydrogen (secondary N) is 1. The van der Waals surface area contributed by atoms with E-state index >= 15 is 0 Å². The van der Waals surface area contributed by atoms with Gasteiger partial charge < -0.3 is 10.1 Å². The summed E-state index contributed by atoms with van der Waals surface area (Å²) in [5.74, 6) is 0.679. The molecule has 1 heterocycles. The first-order chi connectivity index (χ1) is 9.54. The zero-order chi connectivity index (χ0) is 14.7. The van der Waals surface area contributed by atoms with E-state index in [4.69, 9.17) is 27.9 Å². The van der Waals surface area contributed by atoms with E-state index < -0.39 is 0 Å². The molecule has 108 valence electrons. The van der Waals surface area contributed by atoms with Gasteiger partial charge in [0.25, 0.3) is 0 Å². The van der Waals surface area contributed by atoms with Crippen molar-refractivity contribution in [3.05, 3.63) is 45.2 Å². The highest BCUT2D eigenvalue weighted by atomic mass is 35.5. The van der Waals surface area contributed by atoms with Gasteiger partial charge in [-0.25, -0.2) is 0 Å². The molecule has 0 atom stereocenters. The number of rotatable bonds is 5. The van der Waals surface area contributed by atoms with Crippen LogP contribution in [0.5, 0.6) is 5.75 Å². The molecule has 0 bridgehead atoms. The first kappa shape index (κ1) is 15.2. The van der Waals surface area contributed by atoms with Crippen molar-refractivity contribution in [1.29, 1.82) is 0 Å². The van der Waals surface area contributed by atoms with Gasteiger partial charge in [-0.3, -0.25) is 4.68 Å². The highest BCUT2D eigenvalue weighted by Crippen LogP contribution is 2.30. The molecule has 2 aromatic rings. The number of halogens is 2. The molecule has 0 aliphatic heterocycles. The molecule has 0 spiro atoms. The number of aryl methyl sites for hydroxylation is 2. The standard InChI is InChI=1S/C14H17Cl2N3O/c1-9-13(16)12(19(3)18-9)8-20-14-10(7-17-2)5-4-6-11(14)15/h4-6,17H,7-8H2,1-3H3. The van der Waals surface area contributed by atoms with E-state index in [0.717, 1.165) is 17.0 Å². The van der Waals surface area contributed by atoms with Crippen LogP contribution in [0.1, 0.15) is 17.0 Å². The molecule has 1 N–H and O–H groups in total. The van der Waals surface area contributed by atoms with Gasteiger partial charge >= 0.3 is 0 Å². The smallest absolute Gasteiger partial charge is 0.142 e. The summed E-state index contributed by atoms with van der Waals surface area (Å²) in [6, 6.07) is 5.70. The maximum absolute atomic E-state index is 6.21. The Morgan fingerprint density at radius 2 is 2.10 bits per heavy atom. The number of benzene rings is 1. The summed E-state index contributed by atoms with van der Waals surface area (Å²) in [4.78, 5) is 0. The molecule has 0 radical (unpaired) electrons. The van der Waals surface area contributed by atoms with Gasteiger partial charge in [0.15, 0.2) is 0 Å². The van der Waals surface area contributed by atoms with Crippen LogP contribution < -0.4 is 10.1 Å². The molecule has 0 saturated carbocycles. The lowest BCUT2D eigenvalue weighted by atomic mass is 10.2. The normalized spacial score (nSPS) is 10.8. The number of hydrogen-bond acceptors (Lipinski definition) is 3. The van der Waals surface area contributed by atoms with Gasteiger partial charge in [0.1, 0.15) is 12.4 Å². The number of ether oxygens (including phenoxy) is 1. The Morgan fingerprint density at radius 1 is 1.35 bits per heavy atom. The van der Waals surface area contributed by atoms with Crippen molar-refractivity contribution in [1.82, 2.24) is 15.1 Å². The van der Waals surface area contributed by atoms with Gasteiger partial charge in [-0.15, -0.1) is 0 Å². The second kappa shape index (κ2) is 6.48. The fourth-order valence-electron chi connectivity index (χ4n) is 2.02. The Bertz CT molecular complexity index is 611. The summed E-state index contributed by atoms with van der Waals surface area (Å²) >= 11 is 12.4. The summed E-state index contributed by atoms with van der Waals surface area (Å²) in [6.07, 6.45) is 0. The van der Waals surface area contributed by atoms with E-state index in [2.05, 4.69) is 10.4 Å². The van der Waals surface area contributed by atoms with Crippen LogP contribution in [0.2, 0.25) is 10.0 Å². The summed E-state index contributed by atoms with van der Waals surface area (Å²) in [7, 11) is 3.73. The largest absolute Gasteiger partial charge is 0.485 e. The monoisotopic (exact) mass is 313 g/mol. The molecule has 0 aliphatic carbocycles. The summed E-state index contributed by atoms with van der Waals surface area (Å²) in [5, 5.41) is 8.58. The first-order valence-electron chi connectivity index (χ1n) is 6.27. The van der Waals surface area contributed by atoms with Crippen LogP contribution in [-0.4, -0.2) is 16.8 Å². The molecule has 20 heavy (non-hydrogen) atoms. The molecule has 1 aromatic heterocycles. The summed E-state index contributed by atoms with van der Waals surface area (Å²) in [6.45, 7) is 2.89. The zero-order valence-corrected chi connectivity index (χ0v) is 13.2. The van der Waals surface area contributed by atoms with Crippen molar-refractivity contribution in [2.45, 2.75) is 20.1 Å². The van der Waals surface area contributed by atoms with Gasteiger partial charge in [0, 0.05) is 19.2 Å². The molecule has 4 nitrogen and oxygen atoms in total. The third kappa shape index (κ3) is 3.08. The molecule has 0 fully saturated rings. The summed E-state index contributed by atoms with van der Waals surface area (Å²) in [5.41, 5.74) is 2.64. The van der Waals surface area contributed by atoms with Crippen molar-refractivity contribution in [3.8, 4) is 5.75 Å². The number of nitrogens with zero attached hydrogens (tertiary/aromatic N) is 2. The Hall–Kier alpha value is -1.23. The van der Waals surface area contributed by atoms with Crippen molar-refractivity contribution in [2.75, 3.05) is 7.05 Å². The lowest BCUT2D eigenvalue weighted by molar-refractivity contribution is 0.291. The Labute approximate surface area is 128 Å². The SMILES string of the molecule is CNCc1cccc(Cl)c1OCc1c(Cl)c(C)nn1C. The van der Waals surface area contributed by atoms with Crippen molar-refractivity contribution < 1.29 is 4.74 Å². The predicted molar refractivity (Wildman–Crippen MR) is 81.5 cm³/mol. The molecule has 0 aliphatic rings. The maximum atomic E-state index is 6.21. The molecular weight excluding hydrogens is 297 g/mol. The zero-order valence-electron chi connectivity index (χ0n) is 11.7. The topological polar surface area (TPSA) is 39.1 Å². The van der Waals surface area contributed by atoms with Gasteiger partial charge in [0.05, 0.1) is 21.4 Å². The van der Waals surface area contributed by atoms with Crippen molar-refractivity contribution >= 4 is 23.2 Å². The van der Waals surface area contributed by atoms with Crippen LogP contribution in [-0.2, 0) is 20.2 Å². The third-order valence-corrected chi connectivity index (χ3v) is 3.82. The minimum Gasteiger partial charge on any atom is -0.485 e. The average Bonchev–Trinajstić information content (AvgIpc) is 2.64. The number of aromatic nitrogens is 2. The second-order valence-corrected chi connectivity index (χ2v) is 5.30. The molecule has 1 aromatic carbocycles. The van der Waals surface area contributed by atoms with E-state index in [1.54, 1.807) is 4.68 Å². The molecule has 0 amide bonds. The highest BCUT2D eigenvalue weighted by molar-refractivity contribution is 6.32. The van der Waals surface area contributed by atoms with E-state index in [0.29, 0.717) is 28.9 Å². The first-order valence-corrected chi connectivity index (χ1v) is 7.03. The quantitative estimate of drug-likeness (QED) is 0.920. The molecule has 6 heteroatoms. The third-order valence-electron chi connectivity index (χ3n) is 3.03. The van der Waals surface area contributed by atoms with Crippen LogP contribution in [0.3, 0.4) is 0 Å². The Balaban J connectivity index is 2.22. The summed E-state index contributed by atoms with van der Waals surface area (Å²) < 4.78 is 7.59. The van der Waals surface area contributed by atoms with Gasteiger partial charge in [0.2, 0.25) is 0 Å². The van der Waals surface area contributed by atoms with Crippen LogP contribution in [0, 0.1) is 6.92 Å². The van der Waals surface area contributed by atoms with Gasteiger partial charge in [-0.1, -0.05) is 35.3 Å². The Morgan fingerprint density at radius 3 is 2.70 bits per heavy atom. The lowest BCUT2D eigenvalue weighted by Crippen LogP contribution is -2.09. The van der Waals surface area contributed by atoms with E-state index in [-0.39, 0.29) is 0 Å². The Kier molecular flexibility index (Phi) is 4.91. The fraction of sp³-hybridized carbons (Fsp3) is 0.357. The van der Waals surface area contributed by atoms with Crippen LogP contribution >= 0.6 is 23.2 Å². The van der Waals surface area contributed by atoms with Crippen molar-refractivity contribution in [2.24, 2.45) is 7.05 Å². The van der Waals surface area contributed by atoms with E-state index in [1.165, 1.54) is 0 Å². The van der Waals surface area contributed by atoms with E-state index in [9.17, 15) is 0 Å². The van der Waals surface area contributed by atoms with Gasteiger partial charge in [-0.05, 0) is 20.0 Å². The van der Waals surface area contributed by atoms with Crippen molar-refractivity contribution in [3.63, 3.8) is 0 Å². The number of hydrogen-bond donors (Lipinski definition) is 1. The fourth-order valence-corrected chi connectivity index (χ4v) is 2.49. The number of para-hydroxylation sites is 1. The second-order valence-electron chi connectivity index (χ2n) is 4.52. The van der Waals surface area contributed by atoms with Gasteiger partial charge in [-0.2, -0.15) is 5.10 Å². The predicted octanol–water partition coefficient (Wildman–Crippen LogP) is 3.33. The molecule has 0 saturated heterocycles.